The molecule has 5 aromatic rings. The Bertz CT molecular complexity index is 1220. The summed E-state index contributed by atoms with van der Waals surface area (Å²) in [6, 6.07) is 23.8. The molecule has 0 fully saturated rings. The fourth-order valence-electron chi connectivity index (χ4n) is 3.19. The molecule has 0 aliphatic rings. The zero-order valence-electron chi connectivity index (χ0n) is 13.9. The van der Waals surface area contributed by atoms with Crippen molar-refractivity contribution in [1.82, 2.24) is 19.9 Å². The minimum absolute atomic E-state index is 0.838. The number of rotatable bonds is 2. The fraction of sp³-hybridized carbons (Fsp3) is 0. The van der Waals surface area contributed by atoms with Crippen LogP contribution in [-0.2, 0) is 0 Å². The van der Waals surface area contributed by atoms with Gasteiger partial charge < -0.3 is 0 Å². The van der Waals surface area contributed by atoms with E-state index in [1.165, 1.54) is 0 Å². The summed E-state index contributed by atoms with van der Waals surface area (Å²) in [6.07, 6.45) is 3.60. The lowest BCUT2D eigenvalue weighted by atomic mass is 9.98. The highest BCUT2D eigenvalue weighted by molar-refractivity contribution is 6.01. The third-order valence-corrected chi connectivity index (χ3v) is 4.37. The minimum Gasteiger partial charge on any atom is -0.256 e. The molecule has 3 heterocycles. The Balaban J connectivity index is 1.92. The predicted octanol–water partition coefficient (Wildman–Crippen LogP) is 4.91. The lowest BCUT2D eigenvalue weighted by molar-refractivity contribution is 1.29. The van der Waals surface area contributed by atoms with E-state index in [2.05, 4.69) is 16.0 Å². The summed E-state index contributed by atoms with van der Waals surface area (Å²) < 4.78 is 0. The van der Waals surface area contributed by atoms with Crippen LogP contribution in [0.2, 0.25) is 0 Å². The van der Waals surface area contributed by atoms with Crippen molar-refractivity contribution in [1.29, 1.82) is 0 Å². The van der Waals surface area contributed by atoms with E-state index in [9.17, 15) is 0 Å². The number of hydrogen-bond acceptors (Lipinski definition) is 4. The molecule has 4 heteroatoms. The van der Waals surface area contributed by atoms with E-state index in [0.29, 0.717) is 0 Å². The first-order valence-corrected chi connectivity index (χ1v) is 8.42. The molecule has 3 aromatic heterocycles. The van der Waals surface area contributed by atoms with Crippen molar-refractivity contribution in [3.63, 3.8) is 0 Å². The van der Waals surface area contributed by atoms with Crippen LogP contribution in [0.1, 0.15) is 0 Å². The van der Waals surface area contributed by atoms with Gasteiger partial charge in [0.05, 0.1) is 33.5 Å². The summed E-state index contributed by atoms with van der Waals surface area (Å²) in [5, 5.41) is 0. The zero-order valence-corrected chi connectivity index (χ0v) is 13.9. The quantitative estimate of drug-likeness (QED) is 0.431. The van der Waals surface area contributed by atoms with Gasteiger partial charge in [-0.3, -0.25) is 9.97 Å². The molecule has 4 nitrogen and oxygen atoms in total. The lowest BCUT2D eigenvalue weighted by Gasteiger charge is -2.12. The standard InChI is InChI=1S/C22H14N4/c1-2-9-18-17(8-1)25-20-12-11-15(16-7-3-5-13-23-16)21(22(20)26-18)19-10-4-6-14-24-19/h1-14H. The van der Waals surface area contributed by atoms with E-state index in [0.717, 1.165) is 44.6 Å². The van der Waals surface area contributed by atoms with Crippen LogP contribution < -0.4 is 0 Å². The Morgan fingerprint density at radius 3 is 1.85 bits per heavy atom. The molecule has 122 valence electrons. The van der Waals surface area contributed by atoms with Gasteiger partial charge in [0.2, 0.25) is 0 Å². The van der Waals surface area contributed by atoms with Gasteiger partial charge in [-0.05, 0) is 48.5 Å². The number of fused-ring (bicyclic) bond motifs is 2. The summed E-state index contributed by atoms with van der Waals surface area (Å²) in [4.78, 5) is 18.8. The van der Waals surface area contributed by atoms with Gasteiger partial charge in [-0.15, -0.1) is 0 Å². The highest BCUT2D eigenvalue weighted by Crippen LogP contribution is 2.35. The number of aromatic nitrogens is 4. The largest absolute Gasteiger partial charge is 0.256 e. The van der Waals surface area contributed by atoms with Crippen LogP contribution >= 0.6 is 0 Å². The average molecular weight is 334 g/mol. The molecule has 5 rings (SSSR count). The third kappa shape index (κ3) is 2.40. The van der Waals surface area contributed by atoms with E-state index in [4.69, 9.17) is 9.97 Å². The Labute approximate surface area is 150 Å². The maximum atomic E-state index is 4.91. The van der Waals surface area contributed by atoms with E-state index < -0.39 is 0 Å². The Morgan fingerprint density at radius 2 is 1.15 bits per heavy atom. The van der Waals surface area contributed by atoms with Crippen LogP contribution in [0.5, 0.6) is 0 Å². The molecule has 2 aromatic carbocycles. The van der Waals surface area contributed by atoms with Gasteiger partial charge in [0.25, 0.3) is 0 Å². The van der Waals surface area contributed by atoms with Crippen molar-refractivity contribution in [3.8, 4) is 22.5 Å². The summed E-state index contributed by atoms with van der Waals surface area (Å²) in [5.74, 6) is 0. The average Bonchev–Trinajstić information content (AvgIpc) is 2.72. The molecule has 0 spiro atoms. The number of para-hydroxylation sites is 2. The van der Waals surface area contributed by atoms with Gasteiger partial charge >= 0.3 is 0 Å². The van der Waals surface area contributed by atoms with Crippen molar-refractivity contribution >= 4 is 22.1 Å². The van der Waals surface area contributed by atoms with Gasteiger partial charge in [-0.2, -0.15) is 0 Å². The molecule has 0 unspecified atom stereocenters. The van der Waals surface area contributed by atoms with Crippen molar-refractivity contribution in [2.45, 2.75) is 0 Å². The van der Waals surface area contributed by atoms with Crippen LogP contribution in [0.3, 0.4) is 0 Å². The fourth-order valence-corrected chi connectivity index (χ4v) is 3.19. The SMILES string of the molecule is c1ccc(-c2ccc3nc4ccccc4nc3c2-c2ccccn2)nc1. The van der Waals surface area contributed by atoms with Gasteiger partial charge in [0.1, 0.15) is 0 Å². The molecule has 0 radical (unpaired) electrons. The zero-order chi connectivity index (χ0) is 17.3. The minimum atomic E-state index is 0.838. The molecule has 0 aliphatic carbocycles. The van der Waals surface area contributed by atoms with Crippen LogP contribution in [0.15, 0.2) is 85.2 Å². The molecule has 0 saturated heterocycles. The summed E-state index contributed by atoms with van der Waals surface area (Å²) >= 11 is 0. The monoisotopic (exact) mass is 334 g/mol. The maximum absolute atomic E-state index is 4.91. The van der Waals surface area contributed by atoms with Gasteiger partial charge in [-0.25, -0.2) is 9.97 Å². The van der Waals surface area contributed by atoms with Gasteiger partial charge in [0, 0.05) is 23.5 Å². The van der Waals surface area contributed by atoms with Crippen LogP contribution in [-0.4, -0.2) is 19.9 Å². The number of nitrogens with zero attached hydrogens (tertiary/aromatic N) is 4. The molecule has 0 amide bonds. The molecule has 26 heavy (non-hydrogen) atoms. The molecule has 0 N–H and O–H groups in total. The summed E-state index contributed by atoms with van der Waals surface area (Å²) in [6.45, 7) is 0. The number of benzene rings is 2. The first kappa shape index (κ1) is 14.7. The van der Waals surface area contributed by atoms with Gasteiger partial charge in [0.15, 0.2) is 0 Å². The lowest BCUT2D eigenvalue weighted by Crippen LogP contribution is -1.95. The highest BCUT2D eigenvalue weighted by atomic mass is 14.8. The molecule has 0 saturated carbocycles. The summed E-state index contributed by atoms with van der Waals surface area (Å²) in [7, 11) is 0. The summed E-state index contributed by atoms with van der Waals surface area (Å²) in [5.41, 5.74) is 7.16. The van der Waals surface area contributed by atoms with Crippen molar-refractivity contribution in [2.75, 3.05) is 0 Å². The van der Waals surface area contributed by atoms with Crippen molar-refractivity contribution in [2.24, 2.45) is 0 Å². The third-order valence-electron chi connectivity index (χ3n) is 4.37. The first-order valence-electron chi connectivity index (χ1n) is 8.42. The van der Waals surface area contributed by atoms with E-state index >= 15 is 0 Å². The smallest absolute Gasteiger partial charge is 0.0995 e. The van der Waals surface area contributed by atoms with E-state index in [-0.39, 0.29) is 0 Å². The Morgan fingerprint density at radius 1 is 0.500 bits per heavy atom. The van der Waals surface area contributed by atoms with Crippen LogP contribution in [0, 0.1) is 0 Å². The van der Waals surface area contributed by atoms with Crippen LogP contribution in [0.25, 0.3) is 44.6 Å². The molecule has 0 atom stereocenters. The second kappa shape index (κ2) is 6.01. The number of pyridine rings is 2. The highest BCUT2D eigenvalue weighted by Gasteiger charge is 2.16. The molecule has 0 aliphatic heterocycles. The van der Waals surface area contributed by atoms with Crippen molar-refractivity contribution < 1.29 is 0 Å². The van der Waals surface area contributed by atoms with Crippen LogP contribution in [0.4, 0.5) is 0 Å². The first-order chi connectivity index (χ1) is 12.9. The normalized spacial score (nSPS) is 11.1. The second-order valence-electron chi connectivity index (χ2n) is 6.00. The Hall–Kier alpha value is -3.66. The maximum Gasteiger partial charge on any atom is 0.0995 e. The number of hydrogen-bond donors (Lipinski definition) is 0. The molecule has 0 bridgehead atoms. The molecular formula is C22H14N4. The van der Waals surface area contributed by atoms with Crippen molar-refractivity contribution in [3.05, 3.63) is 85.2 Å². The second-order valence-corrected chi connectivity index (χ2v) is 6.00. The van der Waals surface area contributed by atoms with Gasteiger partial charge in [-0.1, -0.05) is 24.3 Å². The predicted molar refractivity (Wildman–Crippen MR) is 104 cm³/mol. The molecular weight excluding hydrogens is 320 g/mol. The van der Waals surface area contributed by atoms with E-state index in [1.807, 2.05) is 66.7 Å². The topological polar surface area (TPSA) is 51.6 Å². The Kier molecular flexibility index (Phi) is 3.39. The van der Waals surface area contributed by atoms with E-state index in [1.54, 1.807) is 12.4 Å².